The molecule has 0 amide bonds. The third kappa shape index (κ3) is 4.46. The van der Waals surface area contributed by atoms with Gasteiger partial charge in [0, 0.05) is 13.2 Å². The lowest BCUT2D eigenvalue weighted by Gasteiger charge is -2.24. The summed E-state index contributed by atoms with van der Waals surface area (Å²) in [5, 5.41) is 19.9. The van der Waals surface area contributed by atoms with Crippen LogP contribution < -0.4 is 18.9 Å². The first-order chi connectivity index (χ1) is 13.2. The number of fused-ring (bicyclic) bond motifs is 1. The van der Waals surface area contributed by atoms with Gasteiger partial charge in [0.05, 0.1) is 14.2 Å². The van der Waals surface area contributed by atoms with E-state index in [0.717, 1.165) is 22.6 Å². The van der Waals surface area contributed by atoms with Crippen LogP contribution in [0.1, 0.15) is 11.1 Å². The van der Waals surface area contributed by atoms with Crippen molar-refractivity contribution in [2.75, 3.05) is 34.2 Å². The standard InChI is InChI=1S/C21H26O6/c1-24-18-5-3-14(9-20(18)25-2)7-16(11-22)17(12-23)8-15-4-6-19-21(10-15)27-13-26-19/h3-6,9-10,16-17,22-23H,7-8,11-13H2,1-2H3. The van der Waals surface area contributed by atoms with E-state index in [1.807, 2.05) is 36.4 Å². The Morgan fingerprint density at radius 3 is 2.04 bits per heavy atom. The van der Waals surface area contributed by atoms with E-state index in [1.165, 1.54) is 0 Å². The van der Waals surface area contributed by atoms with Crippen LogP contribution in [0, 0.1) is 11.8 Å². The average molecular weight is 374 g/mol. The summed E-state index contributed by atoms with van der Waals surface area (Å²) in [5.74, 6) is 2.62. The van der Waals surface area contributed by atoms with Gasteiger partial charge in [-0.2, -0.15) is 0 Å². The Morgan fingerprint density at radius 2 is 1.41 bits per heavy atom. The molecule has 3 rings (SSSR count). The van der Waals surface area contributed by atoms with E-state index in [-0.39, 0.29) is 31.8 Å². The molecule has 2 unspecified atom stereocenters. The highest BCUT2D eigenvalue weighted by atomic mass is 16.7. The highest BCUT2D eigenvalue weighted by Crippen LogP contribution is 2.34. The van der Waals surface area contributed by atoms with Crippen LogP contribution in [-0.2, 0) is 12.8 Å². The van der Waals surface area contributed by atoms with Gasteiger partial charge in [0.1, 0.15) is 0 Å². The molecule has 2 atom stereocenters. The zero-order valence-corrected chi connectivity index (χ0v) is 15.7. The molecule has 6 nitrogen and oxygen atoms in total. The van der Waals surface area contributed by atoms with Gasteiger partial charge in [-0.15, -0.1) is 0 Å². The molecule has 2 aromatic carbocycles. The van der Waals surface area contributed by atoms with Crippen molar-refractivity contribution < 1.29 is 29.2 Å². The summed E-state index contributed by atoms with van der Waals surface area (Å²) in [6.45, 7) is 0.220. The second-order valence-corrected chi connectivity index (χ2v) is 6.67. The molecule has 0 radical (unpaired) electrons. The summed E-state index contributed by atoms with van der Waals surface area (Å²) < 4.78 is 21.4. The summed E-state index contributed by atoms with van der Waals surface area (Å²) >= 11 is 0. The van der Waals surface area contributed by atoms with Gasteiger partial charge in [0.2, 0.25) is 6.79 Å². The molecule has 0 aromatic heterocycles. The molecule has 1 aliphatic rings. The van der Waals surface area contributed by atoms with Gasteiger partial charge in [-0.1, -0.05) is 12.1 Å². The van der Waals surface area contributed by atoms with E-state index in [2.05, 4.69) is 0 Å². The number of ether oxygens (including phenoxy) is 4. The van der Waals surface area contributed by atoms with Crippen molar-refractivity contribution >= 4 is 0 Å². The van der Waals surface area contributed by atoms with Crippen LogP contribution in [0.15, 0.2) is 36.4 Å². The molecule has 6 heteroatoms. The molecule has 27 heavy (non-hydrogen) atoms. The number of methoxy groups -OCH3 is 2. The van der Waals surface area contributed by atoms with E-state index in [4.69, 9.17) is 18.9 Å². The predicted octanol–water partition coefficient (Wildman–Crippen LogP) is 2.43. The number of benzene rings is 2. The second kappa shape index (κ2) is 8.97. The Kier molecular flexibility index (Phi) is 6.42. The van der Waals surface area contributed by atoms with Crippen molar-refractivity contribution in [1.29, 1.82) is 0 Å². The molecular formula is C21H26O6. The van der Waals surface area contributed by atoms with Crippen LogP contribution in [0.5, 0.6) is 23.0 Å². The van der Waals surface area contributed by atoms with Gasteiger partial charge < -0.3 is 29.2 Å². The first kappa shape index (κ1) is 19.3. The SMILES string of the molecule is COc1ccc(CC(CO)C(CO)Cc2ccc3c(c2)OCO3)cc1OC. The fourth-order valence-corrected chi connectivity index (χ4v) is 3.44. The lowest BCUT2D eigenvalue weighted by Crippen LogP contribution is -2.26. The maximum atomic E-state index is 9.94. The summed E-state index contributed by atoms with van der Waals surface area (Å²) in [5.41, 5.74) is 2.07. The first-order valence-corrected chi connectivity index (χ1v) is 8.99. The van der Waals surface area contributed by atoms with E-state index >= 15 is 0 Å². The van der Waals surface area contributed by atoms with Crippen LogP contribution in [0.4, 0.5) is 0 Å². The number of hydrogen-bond acceptors (Lipinski definition) is 6. The van der Waals surface area contributed by atoms with Gasteiger partial charge in [0.25, 0.3) is 0 Å². The van der Waals surface area contributed by atoms with Gasteiger partial charge in [-0.05, 0) is 60.1 Å². The molecule has 1 heterocycles. The lowest BCUT2D eigenvalue weighted by molar-refractivity contribution is 0.119. The van der Waals surface area contributed by atoms with Crippen LogP contribution >= 0.6 is 0 Å². The largest absolute Gasteiger partial charge is 0.493 e. The van der Waals surface area contributed by atoms with Crippen molar-refractivity contribution in [3.05, 3.63) is 47.5 Å². The van der Waals surface area contributed by atoms with Gasteiger partial charge in [-0.3, -0.25) is 0 Å². The first-order valence-electron chi connectivity index (χ1n) is 8.99. The number of aliphatic hydroxyl groups is 2. The molecule has 1 aliphatic heterocycles. The molecule has 146 valence electrons. The van der Waals surface area contributed by atoms with Crippen molar-refractivity contribution in [2.24, 2.45) is 11.8 Å². The number of hydrogen-bond donors (Lipinski definition) is 2. The fourth-order valence-electron chi connectivity index (χ4n) is 3.44. The molecule has 0 saturated heterocycles. The summed E-state index contributed by atoms with van der Waals surface area (Å²) in [4.78, 5) is 0. The fraction of sp³-hybridized carbons (Fsp3) is 0.429. The topological polar surface area (TPSA) is 77.4 Å². The average Bonchev–Trinajstić information content (AvgIpc) is 3.18. The van der Waals surface area contributed by atoms with E-state index in [1.54, 1.807) is 14.2 Å². The molecule has 0 aliphatic carbocycles. The van der Waals surface area contributed by atoms with Gasteiger partial charge >= 0.3 is 0 Å². The highest BCUT2D eigenvalue weighted by Gasteiger charge is 2.23. The Hall–Kier alpha value is -2.44. The monoisotopic (exact) mass is 374 g/mol. The van der Waals surface area contributed by atoms with Gasteiger partial charge in [-0.25, -0.2) is 0 Å². The molecular weight excluding hydrogens is 348 g/mol. The quantitative estimate of drug-likeness (QED) is 0.702. The van der Waals surface area contributed by atoms with E-state index < -0.39 is 0 Å². The zero-order chi connectivity index (χ0) is 19.2. The summed E-state index contributed by atoms with van der Waals surface area (Å²) in [7, 11) is 3.20. The molecule has 0 saturated carbocycles. The lowest BCUT2D eigenvalue weighted by atomic mass is 9.83. The molecule has 0 fully saturated rings. The predicted molar refractivity (Wildman–Crippen MR) is 101 cm³/mol. The zero-order valence-electron chi connectivity index (χ0n) is 15.7. The third-order valence-electron chi connectivity index (χ3n) is 5.02. The summed E-state index contributed by atoms with van der Waals surface area (Å²) in [6.07, 6.45) is 1.28. The van der Waals surface area contributed by atoms with Crippen molar-refractivity contribution in [2.45, 2.75) is 12.8 Å². The number of aliphatic hydroxyl groups excluding tert-OH is 2. The number of rotatable bonds is 9. The van der Waals surface area contributed by atoms with Crippen LogP contribution in [0.25, 0.3) is 0 Å². The molecule has 0 spiro atoms. The van der Waals surface area contributed by atoms with Crippen molar-refractivity contribution in [3.8, 4) is 23.0 Å². The van der Waals surface area contributed by atoms with Crippen LogP contribution in [-0.4, -0.2) is 44.4 Å². The minimum absolute atomic E-state index is 0.00699. The maximum Gasteiger partial charge on any atom is 0.231 e. The molecule has 2 aromatic rings. The minimum Gasteiger partial charge on any atom is -0.493 e. The Morgan fingerprint density at radius 1 is 0.815 bits per heavy atom. The minimum atomic E-state index is -0.0847. The third-order valence-corrected chi connectivity index (χ3v) is 5.02. The Balaban J connectivity index is 1.72. The normalized spacial score (nSPS) is 14.7. The van der Waals surface area contributed by atoms with E-state index in [0.29, 0.717) is 24.3 Å². The van der Waals surface area contributed by atoms with Gasteiger partial charge in [0.15, 0.2) is 23.0 Å². The maximum absolute atomic E-state index is 9.94. The molecule has 2 N–H and O–H groups in total. The highest BCUT2D eigenvalue weighted by molar-refractivity contribution is 5.45. The summed E-state index contributed by atoms with van der Waals surface area (Å²) in [6, 6.07) is 11.5. The smallest absolute Gasteiger partial charge is 0.231 e. The Labute approximate surface area is 159 Å². The van der Waals surface area contributed by atoms with Crippen molar-refractivity contribution in [3.63, 3.8) is 0 Å². The van der Waals surface area contributed by atoms with Crippen LogP contribution in [0.2, 0.25) is 0 Å². The second-order valence-electron chi connectivity index (χ2n) is 6.67. The van der Waals surface area contributed by atoms with Crippen molar-refractivity contribution in [1.82, 2.24) is 0 Å². The van der Waals surface area contributed by atoms with Crippen LogP contribution in [0.3, 0.4) is 0 Å². The van der Waals surface area contributed by atoms with E-state index in [9.17, 15) is 10.2 Å². The Bertz CT molecular complexity index is 760. The molecule has 0 bridgehead atoms.